The zero-order chi connectivity index (χ0) is 19.1. The molecule has 2 aliphatic heterocycles. The van der Waals surface area contributed by atoms with Crippen molar-refractivity contribution in [2.24, 2.45) is 4.99 Å². The summed E-state index contributed by atoms with van der Waals surface area (Å²) >= 11 is 0. The predicted octanol–water partition coefficient (Wildman–Crippen LogP) is 1.38. The number of nitrogens with zero attached hydrogens (tertiary/aromatic N) is 4. The number of anilines is 1. The zero-order valence-corrected chi connectivity index (χ0v) is 17.2. The first kappa shape index (κ1) is 20.0. The lowest BCUT2D eigenvalue weighted by Crippen LogP contribution is -2.46. The van der Waals surface area contributed by atoms with Crippen LogP contribution in [0.1, 0.15) is 18.4 Å². The Kier molecular flexibility index (Phi) is 7.35. The quantitative estimate of drug-likeness (QED) is 0.604. The normalized spacial score (nSPS) is 22.7. The lowest BCUT2D eigenvalue weighted by molar-refractivity contribution is 0.280. The highest BCUT2D eigenvalue weighted by Crippen LogP contribution is 2.20. The van der Waals surface area contributed by atoms with E-state index in [9.17, 15) is 0 Å². The van der Waals surface area contributed by atoms with Crippen LogP contribution in [0.25, 0.3) is 0 Å². The Hall–Kier alpha value is -1.79. The van der Waals surface area contributed by atoms with Crippen LogP contribution in [0.15, 0.2) is 29.3 Å². The molecule has 2 fully saturated rings. The van der Waals surface area contributed by atoms with Crippen LogP contribution >= 0.6 is 0 Å². The van der Waals surface area contributed by atoms with Crippen molar-refractivity contribution < 1.29 is 0 Å². The smallest absolute Gasteiger partial charge is 0.191 e. The van der Waals surface area contributed by atoms with Gasteiger partial charge in [-0.05, 0) is 52.0 Å². The molecular weight excluding hydrogens is 336 g/mol. The molecule has 150 valence electrons. The van der Waals surface area contributed by atoms with Crippen molar-refractivity contribution in [3.63, 3.8) is 0 Å². The molecule has 2 heterocycles. The van der Waals surface area contributed by atoms with E-state index in [1.165, 1.54) is 43.9 Å². The second-order valence-corrected chi connectivity index (χ2v) is 7.91. The molecule has 0 saturated carbocycles. The molecule has 0 radical (unpaired) electrons. The molecule has 3 rings (SSSR count). The van der Waals surface area contributed by atoms with E-state index in [2.05, 4.69) is 68.6 Å². The van der Waals surface area contributed by atoms with Crippen LogP contribution in [0, 0.1) is 6.92 Å². The summed E-state index contributed by atoms with van der Waals surface area (Å²) in [4.78, 5) is 11.9. The van der Waals surface area contributed by atoms with Crippen LogP contribution in [-0.4, -0.2) is 88.3 Å². The number of hydrogen-bond donors (Lipinski definition) is 2. The molecule has 6 heteroatoms. The fourth-order valence-electron chi connectivity index (χ4n) is 3.91. The number of aliphatic imine (C=N–C) groups is 1. The number of nitrogens with one attached hydrogen (secondary N) is 2. The maximum absolute atomic E-state index is 4.42. The molecule has 0 spiro atoms. The highest BCUT2D eigenvalue weighted by molar-refractivity contribution is 5.80. The molecule has 2 N–H and O–H groups in total. The molecule has 0 aromatic heterocycles. The summed E-state index contributed by atoms with van der Waals surface area (Å²) in [5.41, 5.74) is 2.63. The second-order valence-electron chi connectivity index (χ2n) is 7.91. The fraction of sp³-hybridized carbons (Fsp3) is 0.667. The van der Waals surface area contributed by atoms with Crippen molar-refractivity contribution in [2.45, 2.75) is 25.8 Å². The van der Waals surface area contributed by atoms with Gasteiger partial charge in [-0.1, -0.05) is 17.7 Å². The minimum atomic E-state index is 0.448. The Morgan fingerprint density at radius 1 is 1.11 bits per heavy atom. The molecule has 0 aliphatic carbocycles. The van der Waals surface area contributed by atoms with Crippen LogP contribution in [0.4, 0.5) is 5.69 Å². The summed E-state index contributed by atoms with van der Waals surface area (Å²) < 4.78 is 0. The molecule has 2 saturated heterocycles. The van der Waals surface area contributed by atoms with E-state index in [0.717, 1.165) is 38.6 Å². The summed E-state index contributed by atoms with van der Waals surface area (Å²) in [5, 5.41) is 7.11. The first-order valence-corrected chi connectivity index (χ1v) is 10.3. The molecule has 0 amide bonds. The van der Waals surface area contributed by atoms with Gasteiger partial charge in [0.2, 0.25) is 0 Å². The van der Waals surface area contributed by atoms with E-state index in [-0.39, 0.29) is 0 Å². The first-order valence-electron chi connectivity index (χ1n) is 10.3. The zero-order valence-electron chi connectivity index (χ0n) is 17.2. The summed E-state index contributed by atoms with van der Waals surface area (Å²) in [7, 11) is 4.08. The third kappa shape index (κ3) is 6.11. The maximum atomic E-state index is 4.42. The average Bonchev–Trinajstić information content (AvgIpc) is 3.03. The summed E-state index contributed by atoms with van der Waals surface area (Å²) in [5.74, 6) is 0.928. The largest absolute Gasteiger partial charge is 0.369 e. The SMILES string of the molecule is CN=C(NCCN1CCCN(C)CC1)NC1CCN(c2ccc(C)cc2)C1. The van der Waals surface area contributed by atoms with E-state index in [1.807, 2.05) is 7.05 Å². The fourth-order valence-corrected chi connectivity index (χ4v) is 3.91. The average molecular weight is 373 g/mol. The number of hydrogen-bond acceptors (Lipinski definition) is 4. The van der Waals surface area contributed by atoms with Crippen molar-refractivity contribution in [3.05, 3.63) is 29.8 Å². The van der Waals surface area contributed by atoms with Gasteiger partial charge in [0.15, 0.2) is 5.96 Å². The van der Waals surface area contributed by atoms with Gasteiger partial charge in [0.25, 0.3) is 0 Å². The molecule has 2 aliphatic rings. The number of guanidine groups is 1. The highest BCUT2D eigenvalue weighted by Gasteiger charge is 2.23. The van der Waals surface area contributed by atoms with Gasteiger partial charge in [0, 0.05) is 58.0 Å². The van der Waals surface area contributed by atoms with Gasteiger partial charge in [-0.15, -0.1) is 0 Å². The number of rotatable bonds is 5. The van der Waals surface area contributed by atoms with Gasteiger partial charge in [-0.25, -0.2) is 0 Å². The first-order chi connectivity index (χ1) is 13.1. The molecular formula is C21H36N6. The van der Waals surface area contributed by atoms with Crippen molar-refractivity contribution in [1.82, 2.24) is 20.4 Å². The second kappa shape index (κ2) is 9.95. The lowest BCUT2D eigenvalue weighted by atomic mass is 10.2. The molecule has 1 aromatic rings. The Bertz CT molecular complexity index is 599. The Morgan fingerprint density at radius 2 is 1.93 bits per heavy atom. The minimum Gasteiger partial charge on any atom is -0.369 e. The van der Waals surface area contributed by atoms with Crippen LogP contribution in [-0.2, 0) is 0 Å². The van der Waals surface area contributed by atoms with E-state index in [0.29, 0.717) is 6.04 Å². The molecule has 1 atom stereocenters. The van der Waals surface area contributed by atoms with Crippen molar-refractivity contribution in [2.75, 3.05) is 71.4 Å². The van der Waals surface area contributed by atoms with Crippen LogP contribution in [0.5, 0.6) is 0 Å². The van der Waals surface area contributed by atoms with Crippen molar-refractivity contribution >= 4 is 11.6 Å². The van der Waals surface area contributed by atoms with Crippen LogP contribution in [0.3, 0.4) is 0 Å². The van der Waals surface area contributed by atoms with Crippen LogP contribution in [0.2, 0.25) is 0 Å². The topological polar surface area (TPSA) is 46.1 Å². The Morgan fingerprint density at radius 3 is 2.70 bits per heavy atom. The van der Waals surface area contributed by atoms with Gasteiger partial charge in [-0.3, -0.25) is 4.99 Å². The molecule has 0 bridgehead atoms. The third-order valence-corrected chi connectivity index (χ3v) is 5.68. The monoisotopic (exact) mass is 372 g/mol. The summed E-state index contributed by atoms with van der Waals surface area (Å²) in [6.45, 7) is 11.0. The van der Waals surface area contributed by atoms with E-state index >= 15 is 0 Å². The van der Waals surface area contributed by atoms with E-state index in [4.69, 9.17) is 0 Å². The third-order valence-electron chi connectivity index (χ3n) is 5.68. The molecule has 6 nitrogen and oxygen atoms in total. The Balaban J connectivity index is 1.39. The maximum Gasteiger partial charge on any atom is 0.191 e. The van der Waals surface area contributed by atoms with Crippen molar-refractivity contribution in [1.29, 1.82) is 0 Å². The summed E-state index contributed by atoms with van der Waals surface area (Å²) in [6.07, 6.45) is 2.41. The molecule has 1 aromatic carbocycles. The standard InChI is InChI=1S/C21H36N6/c1-18-5-7-20(8-6-18)27-13-9-19(17-27)24-21(22-2)23-10-14-26-12-4-11-25(3)15-16-26/h5-8,19H,4,9-17H2,1-3H3,(H2,22,23,24). The van der Waals surface area contributed by atoms with Gasteiger partial charge in [0.05, 0.1) is 0 Å². The van der Waals surface area contributed by atoms with Gasteiger partial charge in [0.1, 0.15) is 0 Å². The van der Waals surface area contributed by atoms with E-state index in [1.54, 1.807) is 0 Å². The number of aryl methyl sites for hydroxylation is 1. The predicted molar refractivity (Wildman–Crippen MR) is 115 cm³/mol. The molecule has 1 unspecified atom stereocenters. The van der Waals surface area contributed by atoms with Crippen LogP contribution < -0.4 is 15.5 Å². The van der Waals surface area contributed by atoms with Crippen molar-refractivity contribution in [3.8, 4) is 0 Å². The van der Waals surface area contributed by atoms with Gasteiger partial charge < -0.3 is 25.3 Å². The van der Waals surface area contributed by atoms with E-state index < -0.39 is 0 Å². The number of benzene rings is 1. The number of likely N-dealkylation sites (N-methyl/N-ethyl adjacent to an activating group) is 1. The minimum absolute atomic E-state index is 0.448. The summed E-state index contributed by atoms with van der Waals surface area (Å²) in [6, 6.07) is 9.28. The lowest BCUT2D eigenvalue weighted by Gasteiger charge is -2.22. The van der Waals surface area contributed by atoms with Gasteiger partial charge in [-0.2, -0.15) is 0 Å². The molecule has 27 heavy (non-hydrogen) atoms. The van der Waals surface area contributed by atoms with Gasteiger partial charge >= 0.3 is 0 Å². The Labute approximate surface area is 164 Å². The highest BCUT2D eigenvalue weighted by atomic mass is 15.3.